The van der Waals surface area contributed by atoms with Crippen LogP contribution in [0.5, 0.6) is 0 Å². The Morgan fingerprint density at radius 3 is 0.933 bits per heavy atom. The van der Waals surface area contributed by atoms with Gasteiger partial charge in [0.15, 0.2) is 23.3 Å². The molecule has 0 atom stereocenters. The number of rotatable bonds is 9. The van der Waals surface area contributed by atoms with Gasteiger partial charge in [0.25, 0.3) is 0 Å². The summed E-state index contributed by atoms with van der Waals surface area (Å²) < 4.78 is 0. The van der Waals surface area contributed by atoms with Crippen molar-refractivity contribution < 1.29 is 0 Å². The van der Waals surface area contributed by atoms with Crippen LogP contribution < -0.4 is 0 Å². The minimum atomic E-state index is 0.614. The standard InChI is InChI=1S/C55H37N5/c1-5-16-38(17-6-1)44-24-13-25-45(34-44)39-30-32-40(33-31-39)50-37-51(57-52(56-50)41-18-7-2-8-19-41)48-28-14-26-46(35-48)47-27-15-29-49(36-47)55-59-53(42-20-9-3-10-21-42)58-54(60-55)43-22-11-4-12-23-43/h1-37H. The van der Waals surface area contributed by atoms with Gasteiger partial charge < -0.3 is 0 Å². The smallest absolute Gasteiger partial charge is 0.164 e. The van der Waals surface area contributed by atoms with Gasteiger partial charge in [0.2, 0.25) is 0 Å². The molecule has 0 spiro atoms. The predicted octanol–water partition coefficient (Wildman–Crippen LogP) is 13.7. The van der Waals surface area contributed by atoms with E-state index in [9.17, 15) is 0 Å². The molecule has 5 heteroatoms. The number of nitrogens with zero attached hydrogens (tertiary/aromatic N) is 5. The van der Waals surface area contributed by atoms with E-state index in [1.165, 1.54) is 16.7 Å². The second kappa shape index (κ2) is 16.4. The van der Waals surface area contributed by atoms with Gasteiger partial charge in [0.1, 0.15) is 0 Å². The van der Waals surface area contributed by atoms with Gasteiger partial charge in [-0.2, -0.15) is 0 Å². The average molecular weight is 768 g/mol. The normalized spacial score (nSPS) is 11.0. The lowest BCUT2D eigenvalue weighted by Crippen LogP contribution is -2.00. The number of aromatic nitrogens is 5. The van der Waals surface area contributed by atoms with E-state index in [0.29, 0.717) is 23.3 Å². The van der Waals surface area contributed by atoms with E-state index >= 15 is 0 Å². The summed E-state index contributed by atoms with van der Waals surface area (Å²) in [5, 5.41) is 0. The Balaban J connectivity index is 1.01. The highest BCUT2D eigenvalue weighted by atomic mass is 15.0. The summed E-state index contributed by atoms with van der Waals surface area (Å²) in [4.78, 5) is 25.1. The molecule has 0 bridgehead atoms. The van der Waals surface area contributed by atoms with Crippen molar-refractivity contribution in [2.45, 2.75) is 0 Å². The van der Waals surface area contributed by atoms with Crippen LogP contribution >= 0.6 is 0 Å². The van der Waals surface area contributed by atoms with Gasteiger partial charge in [-0.15, -0.1) is 0 Å². The Hall–Kier alpha value is -8.15. The Bertz CT molecular complexity index is 3000. The van der Waals surface area contributed by atoms with Gasteiger partial charge in [-0.05, 0) is 57.6 Å². The summed E-state index contributed by atoms with van der Waals surface area (Å²) in [6.07, 6.45) is 0. The Kier molecular flexibility index (Phi) is 9.88. The molecule has 282 valence electrons. The summed E-state index contributed by atoms with van der Waals surface area (Å²) in [7, 11) is 0. The van der Waals surface area contributed by atoms with Crippen molar-refractivity contribution in [1.29, 1.82) is 0 Å². The van der Waals surface area contributed by atoms with E-state index in [-0.39, 0.29) is 0 Å². The monoisotopic (exact) mass is 767 g/mol. The second-order valence-corrected chi connectivity index (χ2v) is 14.6. The van der Waals surface area contributed by atoms with Gasteiger partial charge in [-0.25, -0.2) is 24.9 Å². The topological polar surface area (TPSA) is 64.5 Å². The van der Waals surface area contributed by atoms with Crippen LogP contribution in [0.2, 0.25) is 0 Å². The molecule has 0 aliphatic carbocycles. The molecule has 2 aromatic heterocycles. The number of hydrogen-bond acceptors (Lipinski definition) is 5. The zero-order valence-electron chi connectivity index (χ0n) is 32.6. The summed E-state index contributed by atoms with van der Waals surface area (Å²) in [6, 6.07) is 77.1. The van der Waals surface area contributed by atoms with Gasteiger partial charge >= 0.3 is 0 Å². The first kappa shape index (κ1) is 36.2. The molecule has 0 unspecified atom stereocenters. The third-order valence-electron chi connectivity index (χ3n) is 10.6. The van der Waals surface area contributed by atoms with E-state index in [1.807, 2.05) is 84.9 Å². The van der Waals surface area contributed by atoms with Crippen molar-refractivity contribution in [2.24, 2.45) is 0 Å². The zero-order chi connectivity index (χ0) is 40.1. The van der Waals surface area contributed by atoms with Crippen LogP contribution in [-0.4, -0.2) is 24.9 Å². The maximum absolute atomic E-state index is 5.14. The van der Waals surface area contributed by atoms with Crippen molar-refractivity contribution in [3.63, 3.8) is 0 Å². The molecule has 0 N–H and O–H groups in total. The minimum absolute atomic E-state index is 0.614. The molecule has 0 saturated heterocycles. The largest absolute Gasteiger partial charge is 0.228 e. The van der Waals surface area contributed by atoms with Crippen LogP contribution in [0.3, 0.4) is 0 Å². The fourth-order valence-electron chi connectivity index (χ4n) is 7.44. The van der Waals surface area contributed by atoms with Crippen LogP contribution in [0.15, 0.2) is 224 Å². The summed E-state index contributed by atoms with van der Waals surface area (Å²) in [5.74, 6) is 2.55. The van der Waals surface area contributed by atoms with Crippen molar-refractivity contribution >= 4 is 0 Å². The first-order valence-corrected chi connectivity index (χ1v) is 20.0. The highest BCUT2D eigenvalue weighted by molar-refractivity contribution is 5.79. The van der Waals surface area contributed by atoms with Crippen molar-refractivity contribution in [3.8, 4) is 101 Å². The molecule has 0 fully saturated rings. The molecular formula is C55H37N5. The van der Waals surface area contributed by atoms with Crippen LogP contribution in [0.1, 0.15) is 0 Å². The van der Waals surface area contributed by atoms with E-state index in [0.717, 1.165) is 61.5 Å². The molecule has 0 amide bonds. The molecular weight excluding hydrogens is 731 g/mol. The highest BCUT2D eigenvalue weighted by Crippen LogP contribution is 2.34. The third-order valence-corrected chi connectivity index (χ3v) is 10.6. The lowest BCUT2D eigenvalue weighted by atomic mass is 9.97. The second-order valence-electron chi connectivity index (χ2n) is 14.6. The zero-order valence-corrected chi connectivity index (χ0v) is 32.6. The molecule has 10 aromatic rings. The molecule has 5 nitrogen and oxygen atoms in total. The molecule has 2 heterocycles. The van der Waals surface area contributed by atoms with Crippen LogP contribution in [0.4, 0.5) is 0 Å². The lowest BCUT2D eigenvalue weighted by molar-refractivity contribution is 1.07. The van der Waals surface area contributed by atoms with E-state index in [2.05, 4.69) is 140 Å². The van der Waals surface area contributed by atoms with Crippen LogP contribution in [0, 0.1) is 0 Å². The van der Waals surface area contributed by atoms with Crippen molar-refractivity contribution in [1.82, 2.24) is 24.9 Å². The number of hydrogen-bond donors (Lipinski definition) is 0. The molecule has 0 aliphatic rings. The molecule has 0 radical (unpaired) electrons. The van der Waals surface area contributed by atoms with E-state index < -0.39 is 0 Å². The fraction of sp³-hybridized carbons (Fsp3) is 0. The van der Waals surface area contributed by atoms with Crippen LogP contribution in [-0.2, 0) is 0 Å². The first-order valence-electron chi connectivity index (χ1n) is 20.0. The first-order chi connectivity index (χ1) is 29.7. The summed E-state index contributed by atoms with van der Waals surface area (Å²) in [6.45, 7) is 0. The fourth-order valence-corrected chi connectivity index (χ4v) is 7.44. The highest BCUT2D eigenvalue weighted by Gasteiger charge is 2.15. The predicted molar refractivity (Wildman–Crippen MR) is 244 cm³/mol. The Morgan fingerprint density at radius 1 is 0.167 bits per heavy atom. The minimum Gasteiger partial charge on any atom is -0.228 e. The maximum Gasteiger partial charge on any atom is 0.164 e. The van der Waals surface area contributed by atoms with Gasteiger partial charge in [0, 0.05) is 33.4 Å². The molecule has 0 aliphatic heterocycles. The Labute approximate surface area is 349 Å². The maximum atomic E-state index is 5.14. The van der Waals surface area contributed by atoms with E-state index in [4.69, 9.17) is 24.9 Å². The van der Waals surface area contributed by atoms with Gasteiger partial charge in [0.05, 0.1) is 11.4 Å². The molecule has 0 saturated carbocycles. The van der Waals surface area contributed by atoms with Crippen LogP contribution in [0.25, 0.3) is 101 Å². The SMILES string of the molecule is c1ccc(-c2cccc(-c3ccc(-c4cc(-c5cccc(-c6cccc(-c7nc(-c8ccccc8)nc(-c8ccccc8)n7)c6)c5)nc(-c5ccccc5)n4)cc3)c2)cc1. The quantitative estimate of drug-likeness (QED) is 0.146. The van der Waals surface area contributed by atoms with E-state index in [1.54, 1.807) is 0 Å². The lowest BCUT2D eigenvalue weighted by Gasteiger charge is -2.12. The van der Waals surface area contributed by atoms with Crippen molar-refractivity contribution in [3.05, 3.63) is 224 Å². The molecule has 10 rings (SSSR count). The average Bonchev–Trinajstić information content (AvgIpc) is 3.35. The third kappa shape index (κ3) is 7.76. The van der Waals surface area contributed by atoms with Gasteiger partial charge in [-0.1, -0.05) is 200 Å². The summed E-state index contributed by atoms with van der Waals surface area (Å²) in [5.41, 5.74) is 14.2. The summed E-state index contributed by atoms with van der Waals surface area (Å²) >= 11 is 0. The van der Waals surface area contributed by atoms with Gasteiger partial charge in [-0.3, -0.25) is 0 Å². The van der Waals surface area contributed by atoms with Crippen molar-refractivity contribution in [2.75, 3.05) is 0 Å². The molecule has 8 aromatic carbocycles. The molecule has 60 heavy (non-hydrogen) atoms. The number of benzene rings is 8. The Morgan fingerprint density at radius 2 is 0.450 bits per heavy atom.